The van der Waals surface area contributed by atoms with E-state index in [2.05, 4.69) is 17.1 Å². The molecule has 1 heterocycles. The number of nitrogens with one attached hydrogen (secondary N) is 1. The molecule has 1 aliphatic carbocycles. The van der Waals surface area contributed by atoms with Gasteiger partial charge in [-0.15, -0.1) is 0 Å². The summed E-state index contributed by atoms with van der Waals surface area (Å²) in [7, 11) is 0. The number of hydrogen-bond donors (Lipinski definition) is 3. The Hall–Kier alpha value is -0.160. The van der Waals surface area contributed by atoms with Crippen molar-refractivity contribution in [3.8, 4) is 0 Å². The zero-order chi connectivity index (χ0) is 13.7. The molecule has 4 heteroatoms. The van der Waals surface area contributed by atoms with Crippen LogP contribution in [-0.4, -0.2) is 60.0 Å². The van der Waals surface area contributed by atoms with Crippen molar-refractivity contribution in [2.24, 2.45) is 5.41 Å². The van der Waals surface area contributed by atoms with Crippen molar-refractivity contribution in [2.45, 2.75) is 57.7 Å². The number of aliphatic hydroxyl groups is 2. The molecule has 3 N–H and O–H groups in total. The molecule has 0 radical (unpaired) electrons. The van der Waals surface area contributed by atoms with E-state index in [-0.39, 0.29) is 0 Å². The highest BCUT2D eigenvalue weighted by Gasteiger charge is 2.37. The van der Waals surface area contributed by atoms with E-state index in [0.717, 1.165) is 19.6 Å². The summed E-state index contributed by atoms with van der Waals surface area (Å²) >= 11 is 0. The summed E-state index contributed by atoms with van der Waals surface area (Å²) < 4.78 is 0. The molecule has 0 spiro atoms. The monoisotopic (exact) mass is 270 g/mol. The smallest absolute Gasteiger partial charge is 0.0938 e. The van der Waals surface area contributed by atoms with Gasteiger partial charge < -0.3 is 15.5 Å². The van der Waals surface area contributed by atoms with Crippen molar-refractivity contribution in [3.05, 3.63) is 0 Å². The highest BCUT2D eigenvalue weighted by molar-refractivity contribution is 4.91. The van der Waals surface area contributed by atoms with Gasteiger partial charge in [-0.2, -0.15) is 0 Å². The Kier molecular flexibility index (Phi) is 5.63. The van der Waals surface area contributed by atoms with Crippen LogP contribution >= 0.6 is 0 Å². The second-order valence-corrected chi connectivity index (χ2v) is 6.52. The van der Waals surface area contributed by atoms with Crippen LogP contribution in [0.3, 0.4) is 0 Å². The van der Waals surface area contributed by atoms with E-state index < -0.39 is 12.2 Å². The summed E-state index contributed by atoms with van der Waals surface area (Å²) in [6, 6.07) is 0. The van der Waals surface area contributed by atoms with Gasteiger partial charge in [-0.3, -0.25) is 4.90 Å². The molecule has 112 valence electrons. The normalized spacial score (nSPS) is 32.4. The third-order valence-electron chi connectivity index (χ3n) is 4.81. The third kappa shape index (κ3) is 4.15. The fourth-order valence-electron chi connectivity index (χ4n) is 3.71. The Labute approximate surface area is 117 Å². The van der Waals surface area contributed by atoms with Gasteiger partial charge in [0.05, 0.1) is 12.2 Å². The number of hydrogen-bond acceptors (Lipinski definition) is 4. The molecule has 0 aromatic heterocycles. The van der Waals surface area contributed by atoms with Crippen molar-refractivity contribution in [1.29, 1.82) is 0 Å². The molecule has 1 saturated heterocycles. The van der Waals surface area contributed by atoms with Crippen LogP contribution in [0.15, 0.2) is 0 Å². The molecule has 2 fully saturated rings. The molecular formula is C15H30N2O2. The van der Waals surface area contributed by atoms with Crippen LogP contribution < -0.4 is 5.32 Å². The maximum absolute atomic E-state index is 9.71. The summed E-state index contributed by atoms with van der Waals surface area (Å²) in [5, 5.41) is 22.9. The van der Waals surface area contributed by atoms with Crippen molar-refractivity contribution in [3.63, 3.8) is 0 Å². The third-order valence-corrected chi connectivity index (χ3v) is 4.81. The molecule has 0 amide bonds. The standard InChI is InChI=1S/C15H30N2O2/c1-2-16-11-15(7-5-3-4-6-8-15)12-17-9-13(18)14(19)10-17/h13-14,16,18-19H,2-12H2,1H3. The van der Waals surface area contributed by atoms with E-state index in [9.17, 15) is 10.2 Å². The second-order valence-electron chi connectivity index (χ2n) is 6.52. The Balaban J connectivity index is 1.96. The van der Waals surface area contributed by atoms with E-state index >= 15 is 0 Å². The lowest BCUT2D eigenvalue weighted by atomic mass is 9.79. The topological polar surface area (TPSA) is 55.7 Å². The maximum Gasteiger partial charge on any atom is 0.0938 e. The van der Waals surface area contributed by atoms with Gasteiger partial charge in [0.15, 0.2) is 0 Å². The zero-order valence-corrected chi connectivity index (χ0v) is 12.3. The summed E-state index contributed by atoms with van der Waals surface area (Å²) in [6.45, 7) is 6.55. The first-order valence-electron chi connectivity index (χ1n) is 7.94. The summed E-state index contributed by atoms with van der Waals surface area (Å²) in [4.78, 5) is 2.26. The van der Waals surface area contributed by atoms with Gasteiger partial charge in [0, 0.05) is 26.2 Å². The molecular weight excluding hydrogens is 240 g/mol. The van der Waals surface area contributed by atoms with Gasteiger partial charge >= 0.3 is 0 Å². The van der Waals surface area contributed by atoms with Crippen molar-refractivity contribution < 1.29 is 10.2 Å². The van der Waals surface area contributed by atoms with Crippen LogP contribution in [0, 0.1) is 5.41 Å². The predicted octanol–water partition coefficient (Wildman–Crippen LogP) is 0.974. The number of β-amino-alcohol motifs (C(OH)–C–C–N with tert-alkyl or cyclic N) is 2. The first-order chi connectivity index (χ1) is 9.15. The Morgan fingerprint density at radius 2 is 1.63 bits per heavy atom. The number of nitrogens with zero attached hydrogens (tertiary/aromatic N) is 1. The van der Waals surface area contributed by atoms with Crippen LogP contribution in [0.5, 0.6) is 0 Å². The molecule has 2 atom stereocenters. The van der Waals surface area contributed by atoms with E-state index in [1.165, 1.54) is 38.5 Å². The number of likely N-dealkylation sites (tertiary alicyclic amines) is 1. The first kappa shape index (κ1) is 15.2. The van der Waals surface area contributed by atoms with Gasteiger partial charge in [0.2, 0.25) is 0 Å². The minimum absolute atomic E-state index is 0.344. The largest absolute Gasteiger partial charge is 0.389 e. The SMILES string of the molecule is CCNCC1(CN2CC(O)C(O)C2)CCCCCC1. The molecule has 0 bridgehead atoms. The molecule has 0 aromatic carbocycles. The van der Waals surface area contributed by atoms with Crippen LogP contribution in [0.25, 0.3) is 0 Å². The predicted molar refractivity (Wildman–Crippen MR) is 77.1 cm³/mol. The van der Waals surface area contributed by atoms with E-state index in [0.29, 0.717) is 18.5 Å². The molecule has 1 aliphatic heterocycles. The van der Waals surface area contributed by atoms with E-state index in [4.69, 9.17) is 0 Å². The average Bonchev–Trinajstić information content (AvgIpc) is 2.59. The maximum atomic E-state index is 9.71. The summed E-state index contributed by atoms with van der Waals surface area (Å²) in [5.74, 6) is 0. The van der Waals surface area contributed by atoms with Crippen LogP contribution in [-0.2, 0) is 0 Å². The quantitative estimate of drug-likeness (QED) is 0.652. The highest BCUT2D eigenvalue weighted by Crippen LogP contribution is 2.36. The lowest BCUT2D eigenvalue weighted by Crippen LogP contribution is -2.43. The molecule has 2 rings (SSSR count). The van der Waals surface area contributed by atoms with Crippen molar-refractivity contribution >= 4 is 0 Å². The summed E-state index contributed by atoms with van der Waals surface area (Å²) in [5.41, 5.74) is 0.344. The minimum Gasteiger partial charge on any atom is -0.389 e. The zero-order valence-electron chi connectivity index (χ0n) is 12.3. The molecule has 2 aliphatic rings. The second kappa shape index (κ2) is 7.02. The number of aliphatic hydroxyl groups excluding tert-OH is 2. The van der Waals surface area contributed by atoms with Gasteiger partial charge in [0.25, 0.3) is 0 Å². The molecule has 19 heavy (non-hydrogen) atoms. The Bertz CT molecular complexity index is 255. The average molecular weight is 270 g/mol. The van der Waals surface area contributed by atoms with Gasteiger partial charge in [-0.25, -0.2) is 0 Å². The minimum atomic E-state index is -0.554. The fourth-order valence-corrected chi connectivity index (χ4v) is 3.71. The van der Waals surface area contributed by atoms with Crippen molar-refractivity contribution in [2.75, 3.05) is 32.7 Å². The van der Waals surface area contributed by atoms with Gasteiger partial charge in [-0.1, -0.05) is 32.6 Å². The van der Waals surface area contributed by atoms with Gasteiger partial charge in [-0.05, 0) is 24.8 Å². The van der Waals surface area contributed by atoms with Crippen LogP contribution in [0.4, 0.5) is 0 Å². The molecule has 4 nitrogen and oxygen atoms in total. The van der Waals surface area contributed by atoms with E-state index in [1.807, 2.05) is 0 Å². The van der Waals surface area contributed by atoms with Crippen molar-refractivity contribution in [1.82, 2.24) is 10.2 Å². The lowest BCUT2D eigenvalue weighted by Gasteiger charge is -2.37. The van der Waals surface area contributed by atoms with Crippen LogP contribution in [0.2, 0.25) is 0 Å². The molecule has 0 aromatic rings. The first-order valence-corrected chi connectivity index (χ1v) is 7.94. The lowest BCUT2D eigenvalue weighted by molar-refractivity contribution is 0.0572. The Morgan fingerprint density at radius 3 is 2.16 bits per heavy atom. The highest BCUT2D eigenvalue weighted by atomic mass is 16.3. The van der Waals surface area contributed by atoms with Gasteiger partial charge in [0.1, 0.15) is 0 Å². The Morgan fingerprint density at radius 1 is 1.05 bits per heavy atom. The molecule has 1 saturated carbocycles. The summed E-state index contributed by atoms with van der Waals surface area (Å²) in [6.07, 6.45) is 6.82. The number of rotatable bonds is 5. The van der Waals surface area contributed by atoms with E-state index in [1.54, 1.807) is 0 Å². The van der Waals surface area contributed by atoms with Crippen LogP contribution in [0.1, 0.15) is 45.4 Å². The fraction of sp³-hybridized carbons (Fsp3) is 1.00. The molecule has 2 unspecified atom stereocenters.